The fourth-order valence-electron chi connectivity index (χ4n) is 1.47. The molecule has 3 N–H and O–H groups in total. The minimum absolute atomic E-state index is 0.170. The Morgan fingerprint density at radius 2 is 1.94 bits per heavy atom. The highest BCUT2D eigenvalue weighted by molar-refractivity contribution is 6.31. The van der Waals surface area contributed by atoms with E-state index in [1.54, 1.807) is 12.1 Å². The van der Waals surface area contributed by atoms with E-state index < -0.39 is 11.9 Å². The highest BCUT2D eigenvalue weighted by Gasteiger charge is 2.35. The molecule has 0 aliphatic carbocycles. The number of rotatable bonds is 1. The Balaban J connectivity index is 2.74. The van der Waals surface area contributed by atoms with Crippen LogP contribution in [0.1, 0.15) is 5.69 Å². The summed E-state index contributed by atoms with van der Waals surface area (Å²) in [5.74, 6) is 5.05. The molecule has 1 aromatic carbocycles. The second-order valence-corrected chi connectivity index (χ2v) is 3.80. The number of nitrogens with one attached hydrogen (secondary N) is 1. The fourth-order valence-corrected chi connectivity index (χ4v) is 1.63. The van der Waals surface area contributed by atoms with E-state index >= 15 is 0 Å². The van der Waals surface area contributed by atoms with E-state index in [-0.39, 0.29) is 11.2 Å². The maximum absolute atomic E-state index is 12.7. The molecule has 0 aliphatic rings. The molecule has 1 heterocycles. The van der Waals surface area contributed by atoms with Crippen molar-refractivity contribution in [3.63, 3.8) is 0 Å². The number of hydrogen-bond donors (Lipinski definition) is 2. The van der Waals surface area contributed by atoms with Crippen molar-refractivity contribution in [2.45, 2.75) is 6.18 Å². The summed E-state index contributed by atoms with van der Waals surface area (Å²) in [6.45, 7) is 0. The van der Waals surface area contributed by atoms with Gasteiger partial charge in [0.05, 0.1) is 11.2 Å². The first-order valence-electron chi connectivity index (χ1n) is 4.56. The topological polar surface area (TPSA) is 50.9 Å². The molecule has 0 aliphatic heterocycles. The molecule has 0 saturated heterocycles. The van der Waals surface area contributed by atoms with Gasteiger partial charge in [-0.25, -0.2) is 4.98 Å². The van der Waals surface area contributed by atoms with Crippen molar-refractivity contribution in [2.24, 2.45) is 5.84 Å². The predicted octanol–water partition coefficient (Wildman–Crippen LogP) is 3.19. The summed E-state index contributed by atoms with van der Waals surface area (Å²) < 4.78 is 38.0. The number of nitrogens with two attached hydrogens (primary N) is 1. The maximum Gasteiger partial charge on any atom is 0.435 e. The van der Waals surface area contributed by atoms with E-state index in [1.807, 2.05) is 5.43 Å². The molecule has 17 heavy (non-hydrogen) atoms. The van der Waals surface area contributed by atoms with Crippen LogP contribution in [0.15, 0.2) is 24.3 Å². The molecular formula is C10H7ClF3N3. The van der Waals surface area contributed by atoms with Crippen LogP contribution in [-0.4, -0.2) is 4.98 Å². The van der Waals surface area contributed by atoms with Crippen LogP contribution >= 0.6 is 11.6 Å². The summed E-state index contributed by atoms with van der Waals surface area (Å²) in [6, 6.07) is 5.79. The van der Waals surface area contributed by atoms with E-state index in [2.05, 4.69) is 4.98 Å². The molecule has 2 aromatic rings. The third-order valence-electron chi connectivity index (χ3n) is 2.20. The molecule has 0 amide bonds. The molecule has 2 rings (SSSR count). The largest absolute Gasteiger partial charge is 0.435 e. The van der Waals surface area contributed by atoms with Crippen LogP contribution in [0.25, 0.3) is 10.9 Å². The zero-order chi connectivity index (χ0) is 12.6. The number of halogens is 4. The maximum atomic E-state index is 12.7. The lowest BCUT2D eigenvalue weighted by Crippen LogP contribution is -2.16. The lowest BCUT2D eigenvalue weighted by molar-refractivity contribution is -0.140. The van der Waals surface area contributed by atoms with Crippen LogP contribution < -0.4 is 11.3 Å². The molecule has 0 radical (unpaired) electrons. The van der Waals surface area contributed by atoms with Gasteiger partial charge in [-0.3, -0.25) is 5.84 Å². The van der Waals surface area contributed by atoms with E-state index in [0.717, 1.165) is 0 Å². The molecule has 90 valence electrons. The average molecular weight is 262 g/mol. The van der Waals surface area contributed by atoms with Crippen LogP contribution in [0.5, 0.6) is 0 Å². The van der Waals surface area contributed by atoms with Crippen molar-refractivity contribution in [3.8, 4) is 0 Å². The first-order valence-corrected chi connectivity index (χ1v) is 4.94. The van der Waals surface area contributed by atoms with Crippen LogP contribution in [0, 0.1) is 0 Å². The van der Waals surface area contributed by atoms with Gasteiger partial charge in [-0.15, -0.1) is 0 Å². The van der Waals surface area contributed by atoms with Gasteiger partial charge in [0.15, 0.2) is 5.69 Å². The Hall–Kier alpha value is -1.53. The van der Waals surface area contributed by atoms with Crippen molar-refractivity contribution in [1.82, 2.24) is 4.98 Å². The fraction of sp³-hybridized carbons (Fsp3) is 0.100. The Labute approximate surface area is 99.4 Å². The summed E-state index contributed by atoms with van der Waals surface area (Å²) in [7, 11) is 0. The van der Waals surface area contributed by atoms with Gasteiger partial charge in [-0.2, -0.15) is 13.2 Å². The molecule has 0 atom stereocenters. The SMILES string of the molecule is NNc1cc2ccc(Cl)cc2nc1C(F)(F)F. The second-order valence-electron chi connectivity index (χ2n) is 3.36. The minimum atomic E-state index is -4.57. The lowest BCUT2D eigenvalue weighted by Gasteiger charge is -2.12. The zero-order valence-corrected chi connectivity index (χ0v) is 9.10. The van der Waals surface area contributed by atoms with E-state index in [9.17, 15) is 13.2 Å². The summed E-state index contributed by atoms with van der Waals surface area (Å²) in [5.41, 5.74) is 0.832. The molecule has 7 heteroatoms. The number of hydrogen-bond acceptors (Lipinski definition) is 3. The molecule has 3 nitrogen and oxygen atoms in total. The number of nitrogen functional groups attached to an aromatic ring is 1. The number of anilines is 1. The van der Waals surface area contributed by atoms with Crippen LogP contribution in [0.3, 0.4) is 0 Å². The van der Waals surface area contributed by atoms with Gasteiger partial charge in [0.1, 0.15) is 0 Å². The number of alkyl halides is 3. The van der Waals surface area contributed by atoms with Gasteiger partial charge in [-0.1, -0.05) is 17.7 Å². The summed E-state index contributed by atoms with van der Waals surface area (Å²) in [5, 5.41) is 0.849. The number of fused-ring (bicyclic) bond motifs is 1. The quantitative estimate of drug-likeness (QED) is 0.612. The molecule has 0 fully saturated rings. The van der Waals surface area contributed by atoms with Gasteiger partial charge in [0, 0.05) is 10.4 Å². The molecule has 0 spiro atoms. The normalized spacial score (nSPS) is 11.8. The monoisotopic (exact) mass is 261 g/mol. The van der Waals surface area contributed by atoms with Gasteiger partial charge >= 0.3 is 6.18 Å². The summed E-state index contributed by atoms with van der Waals surface area (Å²) in [6.07, 6.45) is -4.57. The van der Waals surface area contributed by atoms with Gasteiger partial charge in [0.25, 0.3) is 0 Å². The van der Waals surface area contributed by atoms with Crippen molar-refractivity contribution in [3.05, 3.63) is 35.0 Å². The van der Waals surface area contributed by atoms with Crippen molar-refractivity contribution < 1.29 is 13.2 Å². The number of aromatic nitrogens is 1. The first-order chi connectivity index (χ1) is 7.91. The van der Waals surface area contributed by atoms with E-state index in [1.165, 1.54) is 12.1 Å². The predicted molar refractivity (Wildman–Crippen MR) is 59.6 cm³/mol. The highest BCUT2D eigenvalue weighted by Crippen LogP contribution is 2.35. The van der Waals surface area contributed by atoms with Gasteiger partial charge in [-0.05, 0) is 18.2 Å². The van der Waals surface area contributed by atoms with E-state index in [0.29, 0.717) is 10.4 Å². The Bertz CT molecular complexity index is 568. The third kappa shape index (κ3) is 2.27. The van der Waals surface area contributed by atoms with Gasteiger partial charge < -0.3 is 5.43 Å². The van der Waals surface area contributed by atoms with Crippen molar-refractivity contribution >= 4 is 28.2 Å². The number of benzene rings is 1. The molecule has 1 aromatic heterocycles. The number of hydrazine groups is 1. The van der Waals surface area contributed by atoms with Gasteiger partial charge in [0.2, 0.25) is 0 Å². The Kier molecular flexibility index (Phi) is 2.84. The smallest absolute Gasteiger partial charge is 0.322 e. The lowest BCUT2D eigenvalue weighted by atomic mass is 10.1. The minimum Gasteiger partial charge on any atom is -0.322 e. The zero-order valence-electron chi connectivity index (χ0n) is 8.35. The number of pyridine rings is 1. The summed E-state index contributed by atoms with van der Waals surface area (Å²) in [4.78, 5) is 3.53. The molecule has 0 bridgehead atoms. The van der Waals surface area contributed by atoms with Crippen LogP contribution in [0.4, 0.5) is 18.9 Å². The van der Waals surface area contributed by atoms with E-state index in [4.69, 9.17) is 17.4 Å². The third-order valence-corrected chi connectivity index (χ3v) is 2.44. The molecular weight excluding hydrogens is 255 g/mol. The molecule has 0 saturated carbocycles. The average Bonchev–Trinajstić information content (AvgIpc) is 2.26. The van der Waals surface area contributed by atoms with Crippen LogP contribution in [-0.2, 0) is 6.18 Å². The standard InChI is InChI=1S/C10H7ClF3N3/c11-6-2-1-5-3-8(17-15)9(10(12,13)14)16-7(5)4-6/h1-4,17H,15H2. The second kappa shape index (κ2) is 4.05. The van der Waals surface area contributed by atoms with Crippen LogP contribution in [0.2, 0.25) is 5.02 Å². The summed E-state index contributed by atoms with van der Waals surface area (Å²) >= 11 is 5.70. The van der Waals surface area contributed by atoms with Crippen molar-refractivity contribution in [2.75, 3.05) is 5.43 Å². The Morgan fingerprint density at radius 3 is 2.53 bits per heavy atom. The first kappa shape index (κ1) is 11.9. The molecule has 0 unspecified atom stereocenters. The van der Waals surface area contributed by atoms with Crippen molar-refractivity contribution in [1.29, 1.82) is 0 Å². The Morgan fingerprint density at radius 1 is 1.24 bits per heavy atom. The number of nitrogens with zero attached hydrogens (tertiary/aromatic N) is 1. The highest BCUT2D eigenvalue weighted by atomic mass is 35.5.